The van der Waals surface area contributed by atoms with E-state index in [-0.39, 0.29) is 6.04 Å². The maximum Gasteiger partial charge on any atom is 0.331 e. The van der Waals surface area contributed by atoms with Crippen molar-refractivity contribution in [2.75, 3.05) is 12.0 Å². The van der Waals surface area contributed by atoms with Gasteiger partial charge in [-0.05, 0) is 30.9 Å². The van der Waals surface area contributed by atoms with Crippen LogP contribution in [-0.2, 0) is 9.59 Å². The molecular formula is C14H15ClN2O3S. The third kappa shape index (κ3) is 3.22. The second kappa shape index (κ2) is 6.49. The van der Waals surface area contributed by atoms with Crippen LogP contribution in [0.15, 0.2) is 24.3 Å². The van der Waals surface area contributed by atoms with E-state index in [1.807, 2.05) is 6.26 Å². The second-order valence-corrected chi connectivity index (χ2v) is 6.14. The minimum absolute atomic E-state index is 0.282. The Morgan fingerprint density at radius 2 is 1.90 bits per heavy atom. The first-order valence-corrected chi connectivity index (χ1v) is 8.15. The van der Waals surface area contributed by atoms with Crippen LogP contribution in [-0.4, -0.2) is 40.8 Å². The molecule has 0 aromatic heterocycles. The summed E-state index contributed by atoms with van der Waals surface area (Å²) in [7, 11) is 0. The number of barbiturate groups is 1. The number of nitrogens with one attached hydrogen (secondary N) is 1. The van der Waals surface area contributed by atoms with Gasteiger partial charge >= 0.3 is 6.03 Å². The summed E-state index contributed by atoms with van der Waals surface area (Å²) in [5.41, 5.74) is 0.524. The first-order chi connectivity index (χ1) is 9.95. The molecule has 1 saturated heterocycles. The van der Waals surface area contributed by atoms with Crippen LogP contribution < -0.4 is 5.32 Å². The zero-order chi connectivity index (χ0) is 15.6. The molecule has 112 valence electrons. The van der Waals surface area contributed by atoms with E-state index in [4.69, 9.17) is 11.6 Å². The summed E-state index contributed by atoms with van der Waals surface area (Å²) < 4.78 is 0. The molecule has 0 saturated carbocycles. The Hall–Kier alpha value is -1.53. The van der Waals surface area contributed by atoms with E-state index in [1.54, 1.807) is 31.2 Å². The number of thioether (sulfide) groups is 1. The number of benzene rings is 1. The molecule has 1 aliphatic heterocycles. The number of nitrogens with zero attached hydrogens (tertiary/aromatic N) is 1. The van der Waals surface area contributed by atoms with Crippen LogP contribution in [0.2, 0.25) is 5.02 Å². The van der Waals surface area contributed by atoms with Gasteiger partial charge < -0.3 is 0 Å². The molecule has 1 aromatic carbocycles. The largest absolute Gasteiger partial charge is 0.331 e. The summed E-state index contributed by atoms with van der Waals surface area (Å²) in [6.45, 7) is 1.78. The molecule has 1 N–H and O–H groups in total. The van der Waals surface area contributed by atoms with Crippen LogP contribution in [0.3, 0.4) is 0 Å². The van der Waals surface area contributed by atoms with Gasteiger partial charge in [-0.15, -0.1) is 0 Å². The third-order valence-electron chi connectivity index (χ3n) is 3.25. The fourth-order valence-electron chi connectivity index (χ4n) is 2.27. The predicted molar refractivity (Wildman–Crippen MR) is 82.4 cm³/mol. The summed E-state index contributed by atoms with van der Waals surface area (Å²) in [6, 6.07) is 5.54. The van der Waals surface area contributed by atoms with Gasteiger partial charge in [-0.3, -0.25) is 19.8 Å². The molecule has 2 atom stereocenters. The summed E-state index contributed by atoms with van der Waals surface area (Å²) in [6.07, 6.45) is 1.89. The molecule has 7 heteroatoms. The maximum absolute atomic E-state index is 12.6. The Kier molecular flexibility index (Phi) is 4.90. The first kappa shape index (κ1) is 15.9. The average molecular weight is 327 g/mol. The van der Waals surface area contributed by atoms with Gasteiger partial charge in [0.05, 0.1) is 0 Å². The van der Waals surface area contributed by atoms with E-state index in [2.05, 4.69) is 5.32 Å². The molecule has 0 radical (unpaired) electrons. The molecule has 0 spiro atoms. The van der Waals surface area contributed by atoms with Crippen LogP contribution in [0, 0.1) is 0 Å². The zero-order valence-corrected chi connectivity index (χ0v) is 13.2. The third-order valence-corrected chi connectivity index (χ3v) is 4.32. The first-order valence-electron chi connectivity index (χ1n) is 6.38. The van der Waals surface area contributed by atoms with Crippen molar-refractivity contribution in [3.05, 3.63) is 34.9 Å². The lowest BCUT2D eigenvalue weighted by atomic mass is 9.94. The average Bonchev–Trinajstić information content (AvgIpc) is 2.40. The van der Waals surface area contributed by atoms with Gasteiger partial charge in [0.25, 0.3) is 0 Å². The smallest absolute Gasteiger partial charge is 0.277 e. The van der Waals surface area contributed by atoms with Crippen molar-refractivity contribution in [3.8, 4) is 0 Å². The Balaban J connectivity index is 2.32. The number of imide groups is 2. The van der Waals surface area contributed by atoms with Crippen LogP contribution in [0.4, 0.5) is 4.79 Å². The van der Waals surface area contributed by atoms with Crippen molar-refractivity contribution in [2.24, 2.45) is 0 Å². The highest BCUT2D eigenvalue weighted by atomic mass is 35.5. The lowest BCUT2D eigenvalue weighted by Gasteiger charge is -2.34. The van der Waals surface area contributed by atoms with Gasteiger partial charge in [-0.2, -0.15) is 11.8 Å². The highest BCUT2D eigenvalue weighted by Crippen LogP contribution is 2.25. The molecule has 4 amide bonds. The van der Waals surface area contributed by atoms with E-state index in [1.165, 1.54) is 11.8 Å². The van der Waals surface area contributed by atoms with E-state index < -0.39 is 23.8 Å². The summed E-state index contributed by atoms with van der Waals surface area (Å²) >= 11 is 7.35. The molecule has 2 rings (SSSR count). The Morgan fingerprint density at radius 1 is 1.29 bits per heavy atom. The zero-order valence-electron chi connectivity index (χ0n) is 11.6. The predicted octanol–water partition coefficient (Wildman–Crippen LogP) is 2.25. The fourth-order valence-corrected chi connectivity index (χ4v) is 3.03. The topological polar surface area (TPSA) is 66.5 Å². The van der Waals surface area contributed by atoms with Crippen LogP contribution in [0.1, 0.15) is 18.4 Å². The van der Waals surface area contributed by atoms with Gasteiger partial charge in [-0.25, -0.2) is 4.79 Å². The van der Waals surface area contributed by atoms with Gasteiger partial charge in [0, 0.05) is 16.8 Å². The number of carbonyl (C=O) groups excluding carboxylic acids is 3. The molecule has 1 heterocycles. The molecule has 21 heavy (non-hydrogen) atoms. The number of amides is 4. The second-order valence-electron chi connectivity index (χ2n) is 4.79. The van der Waals surface area contributed by atoms with Crippen molar-refractivity contribution in [1.82, 2.24) is 10.2 Å². The monoisotopic (exact) mass is 326 g/mol. The quantitative estimate of drug-likeness (QED) is 0.862. The standard InChI is InChI=1S/C14H15ClN2O3S/c1-8(7-21-2)17-13(19)11(12(18)16-14(17)20)9-3-5-10(15)6-4-9/h3-6,8,11H,7H2,1-2H3,(H,16,18,20). The van der Waals surface area contributed by atoms with Crippen molar-refractivity contribution in [3.63, 3.8) is 0 Å². The van der Waals surface area contributed by atoms with Crippen LogP contribution >= 0.6 is 23.4 Å². The maximum atomic E-state index is 12.6. The molecule has 1 aromatic rings. The molecular weight excluding hydrogens is 312 g/mol. The number of rotatable bonds is 4. The SMILES string of the molecule is CSCC(C)N1C(=O)NC(=O)C(c2ccc(Cl)cc2)C1=O. The number of hydrogen-bond donors (Lipinski definition) is 1. The van der Waals surface area contributed by atoms with Gasteiger partial charge in [-0.1, -0.05) is 23.7 Å². The molecule has 1 fully saturated rings. The van der Waals surface area contributed by atoms with Crippen molar-refractivity contribution < 1.29 is 14.4 Å². The number of halogens is 1. The van der Waals surface area contributed by atoms with E-state index in [9.17, 15) is 14.4 Å². The minimum Gasteiger partial charge on any atom is -0.277 e. The Morgan fingerprint density at radius 3 is 2.48 bits per heavy atom. The van der Waals surface area contributed by atoms with Crippen molar-refractivity contribution in [1.29, 1.82) is 0 Å². The molecule has 2 unspecified atom stereocenters. The lowest BCUT2D eigenvalue weighted by Crippen LogP contribution is -2.59. The van der Waals surface area contributed by atoms with Crippen molar-refractivity contribution >= 4 is 41.2 Å². The van der Waals surface area contributed by atoms with E-state index >= 15 is 0 Å². The number of urea groups is 1. The summed E-state index contributed by atoms with van der Waals surface area (Å²) in [4.78, 5) is 37.6. The van der Waals surface area contributed by atoms with Crippen LogP contribution in [0.5, 0.6) is 0 Å². The minimum atomic E-state index is -1.01. The van der Waals surface area contributed by atoms with E-state index in [0.29, 0.717) is 16.3 Å². The molecule has 5 nitrogen and oxygen atoms in total. The van der Waals surface area contributed by atoms with Gasteiger partial charge in [0.2, 0.25) is 11.8 Å². The molecule has 1 aliphatic rings. The van der Waals surface area contributed by atoms with Crippen molar-refractivity contribution in [2.45, 2.75) is 18.9 Å². The van der Waals surface area contributed by atoms with Gasteiger partial charge in [0.15, 0.2) is 0 Å². The van der Waals surface area contributed by atoms with E-state index in [0.717, 1.165) is 4.90 Å². The number of hydrogen-bond acceptors (Lipinski definition) is 4. The Labute approximate surface area is 132 Å². The number of carbonyl (C=O) groups is 3. The summed E-state index contributed by atoms with van der Waals surface area (Å²) in [5, 5.41) is 2.77. The molecule has 0 bridgehead atoms. The summed E-state index contributed by atoms with van der Waals surface area (Å²) in [5.74, 6) is -1.49. The normalized spacial score (nSPS) is 20.4. The van der Waals surface area contributed by atoms with Gasteiger partial charge in [0.1, 0.15) is 5.92 Å². The fraction of sp³-hybridized carbons (Fsp3) is 0.357. The highest BCUT2D eigenvalue weighted by molar-refractivity contribution is 7.98. The van der Waals surface area contributed by atoms with Crippen LogP contribution in [0.25, 0.3) is 0 Å². The molecule has 0 aliphatic carbocycles. The Bertz CT molecular complexity index is 576. The lowest BCUT2D eigenvalue weighted by molar-refractivity contribution is -0.139. The highest BCUT2D eigenvalue weighted by Gasteiger charge is 2.43.